The predicted octanol–water partition coefficient (Wildman–Crippen LogP) is 0.852. The number of halogens is 3. The summed E-state index contributed by atoms with van der Waals surface area (Å²) in [6, 6.07) is 1.07. The number of nitrogens with zero attached hydrogens (tertiary/aromatic N) is 3. The quantitative estimate of drug-likeness (QED) is 0.585. The summed E-state index contributed by atoms with van der Waals surface area (Å²) < 4.78 is 37.0. The second-order valence-electron chi connectivity index (χ2n) is 3.05. The van der Waals surface area contributed by atoms with Gasteiger partial charge in [-0.3, -0.25) is 0 Å². The van der Waals surface area contributed by atoms with Crippen LogP contribution in [-0.2, 0) is 6.18 Å². The van der Waals surface area contributed by atoms with E-state index < -0.39 is 12.0 Å². The molecule has 0 fully saturated rings. The second kappa shape index (κ2) is 2.90. The summed E-state index contributed by atoms with van der Waals surface area (Å²) in [4.78, 5) is 6.66. The van der Waals surface area contributed by atoms with Crippen molar-refractivity contribution in [1.82, 2.24) is 14.7 Å². The number of alkyl halides is 3. The van der Waals surface area contributed by atoms with E-state index in [9.17, 15) is 18.4 Å². The third-order valence-electron chi connectivity index (χ3n) is 1.94. The zero-order valence-electron chi connectivity index (χ0n) is 7.65. The minimum Gasteiger partial charge on any atom is -0.426 e. The van der Waals surface area contributed by atoms with E-state index >= 15 is 0 Å². The molecule has 0 aromatic carbocycles. The Morgan fingerprint density at radius 3 is 2.44 bits per heavy atom. The highest BCUT2D eigenvalue weighted by atomic mass is 19.4. The van der Waals surface area contributed by atoms with Gasteiger partial charge in [0.05, 0.1) is 5.69 Å². The van der Waals surface area contributed by atoms with Gasteiger partial charge < -0.3 is 16.7 Å². The zero-order valence-corrected chi connectivity index (χ0v) is 7.65. The molecular weight excluding hydrogens is 227 g/mol. The normalized spacial score (nSPS) is 12.2. The Hall–Kier alpha value is -2.19. The van der Waals surface area contributed by atoms with Crippen molar-refractivity contribution in [2.75, 3.05) is 11.5 Å². The molecule has 2 aromatic rings. The maximum absolute atomic E-state index is 12.4. The van der Waals surface area contributed by atoms with Gasteiger partial charge in [-0.2, -0.15) is 17.9 Å². The van der Waals surface area contributed by atoms with Gasteiger partial charge in [0, 0.05) is 0 Å². The summed E-state index contributed by atoms with van der Waals surface area (Å²) in [7, 11) is 0. The number of nitrogens with two attached hydrogens (primary N) is 2. The van der Waals surface area contributed by atoms with Crippen molar-refractivity contribution < 1.29 is 18.4 Å². The molecule has 0 saturated carbocycles. The first-order chi connectivity index (χ1) is 7.30. The van der Waals surface area contributed by atoms with Gasteiger partial charge in [-0.25, -0.2) is 9.97 Å². The molecule has 6 nitrogen and oxygen atoms in total. The zero-order chi connectivity index (χ0) is 12.1. The van der Waals surface area contributed by atoms with Gasteiger partial charge in [0.15, 0.2) is 5.65 Å². The lowest BCUT2D eigenvalue weighted by atomic mass is 10.3. The number of hydrogen-bond acceptors (Lipinski definition) is 5. The van der Waals surface area contributed by atoms with Crippen molar-refractivity contribution in [3.63, 3.8) is 0 Å². The van der Waals surface area contributed by atoms with Crippen LogP contribution in [0.5, 0.6) is 0 Å². The van der Waals surface area contributed by atoms with Crippen molar-refractivity contribution in [2.45, 2.75) is 6.18 Å². The van der Waals surface area contributed by atoms with E-state index in [1.165, 1.54) is 0 Å². The number of nitrogen functional groups attached to an aromatic ring is 2. The van der Waals surface area contributed by atoms with Crippen LogP contribution in [0.25, 0.3) is 11.2 Å². The lowest BCUT2D eigenvalue weighted by Gasteiger charge is -2.03. The molecule has 0 saturated heterocycles. The van der Waals surface area contributed by atoms with E-state index in [0.29, 0.717) is 0 Å². The van der Waals surface area contributed by atoms with Crippen LogP contribution in [-0.4, -0.2) is 19.9 Å². The molecule has 0 atom stereocenters. The molecule has 2 aromatic heterocycles. The highest BCUT2D eigenvalue weighted by Gasteiger charge is 2.38. The minimum absolute atomic E-state index is 0.0311. The first-order valence-electron chi connectivity index (χ1n) is 4.01. The van der Waals surface area contributed by atoms with Crippen molar-refractivity contribution in [1.29, 1.82) is 0 Å². The molecule has 0 aliphatic rings. The van der Waals surface area contributed by atoms with E-state index in [2.05, 4.69) is 9.97 Å². The number of anilines is 2. The highest BCUT2D eigenvalue weighted by molar-refractivity contribution is 5.80. The Morgan fingerprint density at radius 2 is 1.88 bits per heavy atom. The van der Waals surface area contributed by atoms with E-state index in [1.54, 1.807) is 0 Å². The number of imidazole rings is 1. The predicted molar refractivity (Wildman–Crippen MR) is 48.5 cm³/mol. The fourth-order valence-electron chi connectivity index (χ4n) is 1.21. The minimum atomic E-state index is -4.78. The Morgan fingerprint density at radius 1 is 1.25 bits per heavy atom. The third-order valence-corrected chi connectivity index (χ3v) is 1.94. The Labute approximate surface area is 86.3 Å². The van der Waals surface area contributed by atoms with E-state index in [0.717, 1.165) is 6.07 Å². The Balaban J connectivity index is 2.79. The number of fused-ring (bicyclic) bond motifs is 1. The molecular formula is C7H6F3N5O. The molecule has 0 radical (unpaired) electrons. The van der Waals surface area contributed by atoms with Crippen molar-refractivity contribution in [3.05, 3.63) is 11.9 Å². The summed E-state index contributed by atoms with van der Waals surface area (Å²) in [5.74, 6) is -1.61. The van der Waals surface area contributed by atoms with Crippen molar-refractivity contribution >= 4 is 22.7 Å². The lowest BCUT2D eigenvalue weighted by molar-refractivity contribution is -0.153. The summed E-state index contributed by atoms with van der Waals surface area (Å²) >= 11 is 0. The number of aromatic nitrogens is 3. The Bertz CT molecular complexity index is 561. The van der Waals surface area contributed by atoms with Gasteiger partial charge in [-0.05, 0) is 6.07 Å². The standard InChI is InChI=1S/C7H6F3N5O/c8-7(9,10)6-14-5-3(15(6)16)1-2(11)4(12)13-5/h1,16H,11H2,(H2,12,13). The lowest BCUT2D eigenvalue weighted by Crippen LogP contribution is -2.13. The number of pyridine rings is 1. The van der Waals surface area contributed by atoms with E-state index in [1.807, 2.05) is 0 Å². The van der Waals surface area contributed by atoms with E-state index in [-0.39, 0.29) is 27.4 Å². The van der Waals surface area contributed by atoms with Crippen LogP contribution < -0.4 is 11.5 Å². The maximum atomic E-state index is 12.4. The molecule has 2 heterocycles. The SMILES string of the molecule is Nc1cc2c(nc1N)nc(C(F)(F)F)n2O. The molecule has 9 heteroatoms. The largest absolute Gasteiger partial charge is 0.453 e. The molecule has 86 valence electrons. The van der Waals surface area contributed by atoms with Gasteiger partial charge in [0.1, 0.15) is 11.3 Å². The molecule has 0 bridgehead atoms. The molecule has 0 amide bonds. The van der Waals surface area contributed by atoms with Crippen molar-refractivity contribution in [3.8, 4) is 0 Å². The topological polar surface area (TPSA) is 103 Å². The van der Waals surface area contributed by atoms with Crippen LogP contribution in [0, 0.1) is 0 Å². The summed E-state index contributed by atoms with van der Waals surface area (Å²) in [5, 5.41) is 9.24. The highest BCUT2D eigenvalue weighted by Crippen LogP contribution is 2.31. The van der Waals surface area contributed by atoms with Crippen molar-refractivity contribution in [2.24, 2.45) is 0 Å². The fourth-order valence-corrected chi connectivity index (χ4v) is 1.21. The van der Waals surface area contributed by atoms with Crippen LogP contribution in [0.2, 0.25) is 0 Å². The molecule has 0 aliphatic carbocycles. The Kier molecular flexibility index (Phi) is 1.87. The molecule has 2 rings (SSSR count). The van der Waals surface area contributed by atoms with Crippen LogP contribution in [0.15, 0.2) is 6.07 Å². The van der Waals surface area contributed by atoms with Gasteiger partial charge in [-0.1, -0.05) is 0 Å². The summed E-state index contributed by atoms with van der Waals surface area (Å²) in [6.07, 6.45) is -4.78. The third kappa shape index (κ3) is 1.36. The van der Waals surface area contributed by atoms with E-state index in [4.69, 9.17) is 11.5 Å². The molecule has 5 N–H and O–H groups in total. The van der Waals surface area contributed by atoms with Crippen LogP contribution >= 0.6 is 0 Å². The van der Waals surface area contributed by atoms with Gasteiger partial charge in [-0.15, -0.1) is 0 Å². The number of hydrogen-bond donors (Lipinski definition) is 3. The van der Waals surface area contributed by atoms with Gasteiger partial charge >= 0.3 is 6.18 Å². The second-order valence-corrected chi connectivity index (χ2v) is 3.05. The van der Waals surface area contributed by atoms with Gasteiger partial charge in [0.2, 0.25) is 0 Å². The monoisotopic (exact) mass is 233 g/mol. The van der Waals surface area contributed by atoms with Crippen LogP contribution in [0.1, 0.15) is 5.82 Å². The van der Waals surface area contributed by atoms with Gasteiger partial charge in [0.25, 0.3) is 5.82 Å². The fraction of sp³-hybridized carbons (Fsp3) is 0.143. The summed E-state index contributed by atoms with van der Waals surface area (Å²) in [6.45, 7) is 0. The maximum Gasteiger partial charge on any atom is 0.453 e. The summed E-state index contributed by atoms with van der Waals surface area (Å²) in [5.41, 5.74) is 10.1. The average Bonchev–Trinajstić information content (AvgIpc) is 2.45. The number of rotatable bonds is 0. The van der Waals surface area contributed by atoms with Crippen LogP contribution in [0.3, 0.4) is 0 Å². The molecule has 16 heavy (non-hydrogen) atoms. The molecule has 0 unspecified atom stereocenters. The van der Waals surface area contributed by atoms with Crippen LogP contribution in [0.4, 0.5) is 24.7 Å². The smallest absolute Gasteiger partial charge is 0.426 e. The average molecular weight is 233 g/mol. The molecule has 0 aliphatic heterocycles. The molecule has 0 spiro atoms. The first kappa shape index (κ1) is 10.3. The first-order valence-corrected chi connectivity index (χ1v) is 4.01.